The molecule has 0 spiro atoms. The minimum absolute atomic E-state index is 1.24. The third kappa shape index (κ3) is 4.07. The maximum atomic E-state index is 2.43. The van der Waals surface area contributed by atoms with Crippen molar-refractivity contribution in [2.45, 2.75) is 0 Å². The molecule has 0 radical (unpaired) electrons. The van der Waals surface area contributed by atoms with E-state index < -0.39 is 0 Å². The van der Waals surface area contributed by atoms with Crippen molar-refractivity contribution in [3.05, 3.63) is 170 Å². The molecule has 1 heteroatoms. The summed E-state index contributed by atoms with van der Waals surface area (Å²) in [5, 5.41) is 13.0. The predicted molar refractivity (Wildman–Crippen MR) is 206 cm³/mol. The molecule has 0 N–H and O–H groups in total. The van der Waals surface area contributed by atoms with Gasteiger partial charge in [-0.1, -0.05) is 146 Å². The number of thiophene rings is 1. The average molecular weight is 613 g/mol. The lowest BCUT2D eigenvalue weighted by Crippen LogP contribution is -1.92. The fourth-order valence-corrected chi connectivity index (χ4v) is 8.91. The summed E-state index contributed by atoms with van der Waals surface area (Å²) in [6.07, 6.45) is 0. The maximum Gasteiger partial charge on any atom is 0.0361 e. The topological polar surface area (TPSA) is 0 Å². The molecule has 1 aromatic heterocycles. The smallest absolute Gasteiger partial charge is 0.0361 e. The molecule has 0 aliphatic carbocycles. The highest BCUT2D eigenvalue weighted by Crippen LogP contribution is 2.47. The van der Waals surface area contributed by atoms with Crippen LogP contribution in [0.15, 0.2) is 170 Å². The minimum Gasteiger partial charge on any atom is -0.135 e. The number of hydrogen-bond donors (Lipinski definition) is 0. The maximum absolute atomic E-state index is 2.43. The zero-order valence-electron chi connectivity index (χ0n) is 25.6. The molecule has 1 heterocycles. The Bertz CT molecular complexity index is 2780. The molecule has 0 nitrogen and oxygen atoms in total. The van der Waals surface area contributed by atoms with E-state index >= 15 is 0 Å². The van der Waals surface area contributed by atoms with Gasteiger partial charge in [-0.05, 0) is 101 Å². The Morgan fingerprint density at radius 3 is 1.62 bits per heavy atom. The lowest BCUT2D eigenvalue weighted by Gasteiger charge is -2.19. The van der Waals surface area contributed by atoms with Gasteiger partial charge in [-0.15, -0.1) is 11.3 Å². The minimum atomic E-state index is 1.24. The fourth-order valence-electron chi connectivity index (χ4n) is 7.74. The van der Waals surface area contributed by atoms with Crippen LogP contribution in [0.4, 0.5) is 0 Å². The first-order valence-corrected chi connectivity index (χ1v) is 17.0. The summed E-state index contributed by atoms with van der Waals surface area (Å²) in [7, 11) is 0. The molecule has 0 saturated carbocycles. The van der Waals surface area contributed by atoms with Gasteiger partial charge in [0.2, 0.25) is 0 Å². The summed E-state index contributed by atoms with van der Waals surface area (Å²) in [6, 6.07) is 62.7. The van der Waals surface area contributed by atoms with Gasteiger partial charge in [-0.25, -0.2) is 0 Å². The van der Waals surface area contributed by atoms with E-state index in [-0.39, 0.29) is 0 Å². The average Bonchev–Trinajstić information content (AvgIpc) is 3.52. The largest absolute Gasteiger partial charge is 0.135 e. The molecule has 10 rings (SSSR count). The van der Waals surface area contributed by atoms with E-state index in [0.717, 1.165) is 0 Å². The highest BCUT2D eigenvalue weighted by Gasteiger charge is 2.19. The van der Waals surface area contributed by atoms with Gasteiger partial charge in [0.1, 0.15) is 0 Å². The van der Waals surface area contributed by atoms with E-state index in [2.05, 4.69) is 170 Å². The first kappa shape index (κ1) is 26.5. The standard InChI is InChI=1S/C46H28S/c1-2-13-30(14-3-1)44-36-18-8-10-20-38(36)45(39-21-11-9-19-37(39)44)41-27-33(26-32-15-5-6-16-34(32)41)31-22-24-40-43(28-31)47-42-25-23-29-12-4-7-17-35(29)46(40)42/h1-28H. The van der Waals surface area contributed by atoms with Crippen molar-refractivity contribution in [2.24, 2.45) is 0 Å². The summed E-state index contributed by atoms with van der Waals surface area (Å²) >= 11 is 1.89. The molecular weight excluding hydrogens is 585 g/mol. The van der Waals surface area contributed by atoms with Crippen molar-refractivity contribution in [3.8, 4) is 33.4 Å². The van der Waals surface area contributed by atoms with Crippen molar-refractivity contribution < 1.29 is 0 Å². The SMILES string of the molecule is c1ccc(-c2c3ccccc3c(-c3cc(-c4ccc5c(c4)sc4ccc6ccccc6c45)cc4ccccc34)c3ccccc23)cc1. The molecular formula is C46H28S. The molecule has 0 bridgehead atoms. The Balaban J connectivity index is 1.26. The predicted octanol–water partition coefficient (Wildman–Crippen LogP) is 13.7. The molecule has 0 atom stereocenters. The van der Waals surface area contributed by atoms with E-state index in [1.54, 1.807) is 0 Å². The number of rotatable bonds is 3. The molecule has 0 fully saturated rings. The summed E-state index contributed by atoms with van der Waals surface area (Å²) in [4.78, 5) is 0. The van der Waals surface area contributed by atoms with Crippen LogP contribution in [0.1, 0.15) is 0 Å². The number of fused-ring (bicyclic) bond motifs is 8. The van der Waals surface area contributed by atoms with Crippen molar-refractivity contribution in [1.29, 1.82) is 0 Å². The molecule has 0 unspecified atom stereocenters. The quantitative estimate of drug-likeness (QED) is 0.174. The van der Waals surface area contributed by atoms with Gasteiger partial charge in [0.15, 0.2) is 0 Å². The highest BCUT2D eigenvalue weighted by molar-refractivity contribution is 7.26. The summed E-state index contributed by atoms with van der Waals surface area (Å²) in [5.41, 5.74) is 7.59. The van der Waals surface area contributed by atoms with Gasteiger partial charge in [0, 0.05) is 20.2 Å². The second kappa shape index (κ2) is 10.4. The Kier molecular flexibility index (Phi) is 5.85. The van der Waals surface area contributed by atoms with Crippen LogP contribution in [0, 0.1) is 0 Å². The van der Waals surface area contributed by atoms with Crippen LogP contribution in [0.2, 0.25) is 0 Å². The summed E-state index contributed by atoms with van der Waals surface area (Å²) in [6.45, 7) is 0. The monoisotopic (exact) mass is 612 g/mol. The summed E-state index contributed by atoms with van der Waals surface area (Å²) < 4.78 is 2.66. The van der Waals surface area contributed by atoms with Crippen LogP contribution in [-0.4, -0.2) is 0 Å². The number of hydrogen-bond acceptors (Lipinski definition) is 1. The van der Waals surface area contributed by atoms with E-state index in [1.807, 2.05) is 11.3 Å². The Morgan fingerprint density at radius 1 is 0.298 bits per heavy atom. The van der Waals surface area contributed by atoms with Gasteiger partial charge in [0.25, 0.3) is 0 Å². The fraction of sp³-hybridized carbons (Fsp3) is 0. The third-order valence-corrected chi connectivity index (χ3v) is 10.9. The second-order valence-corrected chi connectivity index (χ2v) is 13.5. The lowest BCUT2D eigenvalue weighted by atomic mass is 9.84. The molecule has 47 heavy (non-hydrogen) atoms. The lowest BCUT2D eigenvalue weighted by molar-refractivity contribution is 1.65. The Hall–Kier alpha value is -5.76. The van der Waals surface area contributed by atoms with E-state index in [9.17, 15) is 0 Å². The molecule has 0 amide bonds. The highest BCUT2D eigenvalue weighted by atomic mass is 32.1. The first-order chi connectivity index (χ1) is 23.3. The van der Waals surface area contributed by atoms with Gasteiger partial charge >= 0.3 is 0 Å². The van der Waals surface area contributed by atoms with Crippen LogP contribution in [-0.2, 0) is 0 Å². The summed E-state index contributed by atoms with van der Waals surface area (Å²) in [5.74, 6) is 0. The Labute approximate surface area is 276 Å². The van der Waals surface area contributed by atoms with Crippen molar-refractivity contribution >= 4 is 74.6 Å². The van der Waals surface area contributed by atoms with Crippen molar-refractivity contribution in [3.63, 3.8) is 0 Å². The van der Waals surface area contributed by atoms with Crippen LogP contribution in [0.3, 0.4) is 0 Å². The zero-order chi connectivity index (χ0) is 30.9. The second-order valence-electron chi connectivity index (χ2n) is 12.4. The molecule has 9 aromatic carbocycles. The van der Waals surface area contributed by atoms with Gasteiger partial charge in [0.05, 0.1) is 0 Å². The van der Waals surface area contributed by atoms with Crippen LogP contribution < -0.4 is 0 Å². The van der Waals surface area contributed by atoms with E-state index in [0.29, 0.717) is 0 Å². The van der Waals surface area contributed by atoms with Gasteiger partial charge in [-0.2, -0.15) is 0 Å². The van der Waals surface area contributed by atoms with E-state index in [4.69, 9.17) is 0 Å². The van der Waals surface area contributed by atoms with Gasteiger partial charge < -0.3 is 0 Å². The van der Waals surface area contributed by atoms with Crippen molar-refractivity contribution in [2.75, 3.05) is 0 Å². The van der Waals surface area contributed by atoms with Crippen molar-refractivity contribution in [1.82, 2.24) is 0 Å². The molecule has 218 valence electrons. The zero-order valence-corrected chi connectivity index (χ0v) is 26.4. The van der Waals surface area contributed by atoms with Crippen LogP contribution >= 0.6 is 11.3 Å². The third-order valence-electron chi connectivity index (χ3n) is 9.82. The molecule has 0 aliphatic rings. The molecule has 0 saturated heterocycles. The van der Waals surface area contributed by atoms with Crippen LogP contribution in [0.5, 0.6) is 0 Å². The van der Waals surface area contributed by atoms with E-state index in [1.165, 1.54) is 96.6 Å². The van der Waals surface area contributed by atoms with Gasteiger partial charge in [-0.3, -0.25) is 0 Å². The molecule has 10 aromatic rings. The Morgan fingerprint density at radius 2 is 0.894 bits per heavy atom. The van der Waals surface area contributed by atoms with Crippen LogP contribution in [0.25, 0.3) is 96.6 Å². The number of benzene rings is 9. The molecule has 0 aliphatic heterocycles. The normalized spacial score (nSPS) is 11.8. The first-order valence-electron chi connectivity index (χ1n) is 16.2.